The molecule has 2 saturated carbocycles. The number of rotatable bonds is 8. The van der Waals surface area contributed by atoms with E-state index in [1.54, 1.807) is 7.11 Å². The number of amides is 2. The van der Waals surface area contributed by atoms with Crippen LogP contribution in [0, 0.1) is 5.92 Å². The Bertz CT molecular complexity index is 2030. The highest BCUT2D eigenvalue weighted by Gasteiger charge is 2.53. The fraction of sp³-hybridized carbons (Fsp3) is 0.529. The molecule has 0 spiro atoms. The van der Waals surface area contributed by atoms with Crippen LogP contribution in [0.25, 0.3) is 16.7 Å². The van der Waals surface area contributed by atoms with Crippen molar-refractivity contribution >= 4 is 49.0 Å². The minimum Gasteiger partial charge on any atom is -0.496 e. The molecule has 15 heteroatoms. The second-order valence-corrected chi connectivity index (χ2v) is 17.7. The molecule has 2 aliphatic heterocycles. The predicted molar refractivity (Wildman–Crippen MR) is 185 cm³/mol. The van der Waals surface area contributed by atoms with Gasteiger partial charge in [0.1, 0.15) is 11.6 Å². The molecule has 0 radical (unpaired) electrons. The zero-order valence-corrected chi connectivity index (χ0v) is 29.6. The van der Waals surface area contributed by atoms with Gasteiger partial charge in [0.15, 0.2) is 0 Å². The summed E-state index contributed by atoms with van der Waals surface area (Å²) in [7, 11) is -3.96. The molecule has 264 valence electrons. The Hall–Kier alpha value is -3.82. The van der Waals surface area contributed by atoms with Gasteiger partial charge in [-0.1, -0.05) is 37.5 Å². The van der Waals surface area contributed by atoms with Gasteiger partial charge >= 0.3 is 16.3 Å². The first-order chi connectivity index (χ1) is 23.3. The molecule has 2 atom stereocenters. The lowest BCUT2D eigenvalue weighted by Gasteiger charge is -2.31. The van der Waals surface area contributed by atoms with E-state index in [-0.39, 0.29) is 43.6 Å². The van der Waals surface area contributed by atoms with Gasteiger partial charge < -0.3 is 14.7 Å². The summed E-state index contributed by atoms with van der Waals surface area (Å²) >= 11 is 0. The summed E-state index contributed by atoms with van der Waals surface area (Å²) in [5.41, 5.74) is 4.73. The third-order valence-corrected chi connectivity index (χ3v) is 14.1. The number of likely N-dealkylation sites (tertiary alicyclic amines) is 1. The van der Waals surface area contributed by atoms with Crippen LogP contribution in [0.1, 0.15) is 80.9 Å². The van der Waals surface area contributed by atoms with Crippen molar-refractivity contribution in [1.82, 2.24) is 23.2 Å². The zero-order chi connectivity index (χ0) is 34.8. The molecular formula is C34H43N5O8S2. The average molecular weight is 714 g/mol. The molecular weight excluding hydrogens is 671 g/mol. The number of fused-ring (bicyclic) bond motifs is 6. The highest BCUT2D eigenvalue weighted by molar-refractivity contribution is 7.90. The van der Waals surface area contributed by atoms with Crippen molar-refractivity contribution in [1.29, 1.82) is 0 Å². The van der Waals surface area contributed by atoms with Gasteiger partial charge in [-0.25, -0.2) is 17.9 Å². The largest absolute Gasteiger partial charge is 0.496 e. The maximum atomic E-state index is 14.3. The van der Waals surface area contributed by atoms with Crippen molar-refractivity contribution in [3.05, 3.63) is 58.3 Å². The molecule has 1 saturated heterocycles. The summed E-state index contributed by atoms with van der Waals surface area (Å²) in [5, 5.41) is 9.45. The molecule has 3 fully saturated rings. The number of sulfonamides is 1. The summed E-state index contributed by atoms with van der Waals surface area (Å²) < 4.78 is 68.1. The standard InChI is InChI=1S/C34H43N5O8S2/c1-37(2)49(45,46)36-33(40)30-28-24-12-8-7-11-23(24)26-19-25-27(47-3)14-13-22(20-9-5-4-6-10-20)31(25)39(26)32(29(28)30)35-48(43,44)21-15-17-38(18-16-21)34(41)42/h8,12-14,19-21,23,30,35H,4-7,9-11,15-18H2,1-3H3,(H,36,40)(H,41,42). The first-order valence-electron chi connectivity index (χ1n) is 17.0. The summed E-state index contributed by atoms with van der Waals surface area (Å²) in [6.07, 6.45) is 10.0. The topological polar surface area (TPSA) is 167 Å². The smallest absolute Gasteiger partial charge is 0.407 e. The van der Waals surface area contributed by atoms with Crippen molar-refractivity contribution in [2.75, 3.05) is 34.3 Å². The average Bonchev–Trinajstić information content (AvgIpc) is 3.73. The molecule has 3 aliphatic carbocycles. The Balaban J connectivity index is 1.45. The minimum absolute atomic E-state index is 0.0864. The number of allylic oxidation sites excluding steroid dienone is 3. The lowest BCUT2D eigenvalue weighted by molar-refractivity contribution is -0.119. The maximum Gasteiger partial charge on any atom is 0.407 e. The monoisotopic (exact) mass is 713 g/mol. The second-order valence-electron chi connectivity index (χ2n) is 13.8. The number of benzene rings is 1. The molecule has 3 N–H and O–H groups in total. The van der Waals surface area contributed by atoms with Gasteiger partial charge in [-0.15, -0.1) is 0 Å². The van der Waals surface area contributed by atoms with Gasteiger partial charge in [0.05, 0.1) is 23.8 Å². The number of nitrogens with zero attached hydrogens (tertiary/aromatic N) is 3. The van der Waals surface area contributed by atoms with E-state index in [0.29, 0.717) is 16.9 Å². The molecule has 2 amide bonds. The van der Waals surface area contributed by atoms with Crippen LogP contribution >= 0.6 is 0 Å². The van der Waals surface area contributed by atoms with Crippen LogP contribution in [0.5, 0.6) is 5.75 Å². The number of ether oxygens (including phenoxy) is 1. The van der Waals surface area contributed by atoms with Crippen LogP contribution in [-0.4, -0.2) is 87.3 Å². The second kappa shape index (κ2) is 12.5. The van der Waals surface area contributed by atoms with Crippen molar-refractivity contribution in [3.63, 3.8) is 0 Å². The van der Waals surface area contributed by atoms with E-state index < -0.39 is 43.4 Å². The summed E-state index contributed by atoms with van der Waals surface area (Å²) in [4.78, 5) is 26.6. The van der Waals surface area contributed by atoms with Gasteiger partial charge in [0, 0.05) is 49.8 Å². The number of hydrogen-bond donors (Lipinski definition) is 3. The van der Waals surface area contributed by atoms with Crippen LogP contribution in [0.4, 0.5) is 4.79 Å². The number of piperidine rings is 1. The third-order valence-electron chi connectivity index (χ3n) is 10.8. The van der Waals surface area contributed by atoms with Crippen molar-refractivity contribution in [2.24, 2.45) is 5.92 Å². The molecule has 5 aliphatic rings. The van der Waals surface area contributed by atoms with Crippen molar-refractivity contribution in [2.45, 2.75) is 74.9 Å². The highest BCUT2D eigenvalue weighted by atomic mass is 32.2. The highest BCUT2D eigenvalue weighted by Crippen LogP contribution is 2.58. The van der Waals surface area contributed by atoms with E-state index in [4.69, 9.17) is 4.74 Å². The normalized spacial score (nSPS) is 23.2. The van der Waals surface area contributed by atoms with E-state index in [9.17, 15) is 31.5 Å². The Kier molecular flexibility index (Phi) is 8.59. The van der Waals surface area contributed by atoms with Crippen molar-refractivity contribution < 1.29 is 36.3 Å². The van der Waals surface area contributed by atoms with E-state index in [2.05, 4.69) is 21.6 Å². The number of carboxylic acid groups (broad SMARTS) is 1. The summed E-state index contributed by atoms with van der Waals surface area (Å²) in [5.74, 6) is -0.799. The van der Waals surface area contributed by atoms with Gasteiger partial charge in [-0.05, 0) is 73.3 Å². The Morgan fingerprint density at radius 1 is 0.980 bits per heavy atom. The van der Waals surface area contributed by atoms with E-state index >= 15 is 0 Å². The summed E-state index contributed by atoms with van der Waals surface area (Å²) in [6.45, 7) is 0.173. The SMILES string of the molecule is COc1ccc(C2CCCCC2)c2c1cc1n2C(NS(=O)(=O)C2CCN(C(=O)O)CC2)=C2C(=C3C=CCCC31)C2C(=O)NS(=O)(=O)N(C)C. The van der Waals surface area contributed by atoms with Crippen LogP contribution in [0.2, 0.25) is 0 Å². The zero-order valence-electron chi connectivity index (χ0n) is 27.9. The maximum absolute atomic E-state index is 14.3. The molecule has 2 unspecified atom stereocenters. The molecule has 7 rings (SSSR count). The first kappa shape index (κ1) is 33.7. The molecule has 0 bridgehead atoms. The molecule has 1 aromatic heterocycles. The van der Waals surface area contributed by atoms with Gasteiger partial charge in [-0.2, -0.15) is 12.7 Å². The number of carbonyl (C=O) groups is 2. The predicted octanol–water partition coefficient (Wildman–Crippen LogP) is 4.22. The first-order valence-corrected chi connectivity index (χ1v) is 19.9. The fourth-order valence-electron chi connectivity index (χ4n) is 8.23. The number of methoxy groups -OCH3 is 1. The van der Waals surface area contributed by atoms with E-state index in [1.807, 2.05) is 22.8 Å². The molecule has 3 heterocycles. The van der Waals surface area contributed by atoms with Gasteiger partial charge in [0.2, 0.25) is 15.9 Å². The third kappa shape index (κ3) is 5.82. The molecule has 13 nitrogen and oxygen atoms in total. The van der Waals surface area contributed by atoms with E-state index in [1.165, 1.54) is 19.0 Å². The lowest BCUT2D eigenvalue weighted by Crippen LogP contribution is -2.45. The number of hydrogen-bond acceptors (Lipinski definition) is 7. The lowest BCUT2D eigenvalue weighted by atomic mass is 9.83. The number of carbonyl (C=O) groups excluding carboxylic acids is 1. The minimum atomic E-state index is -4.12. The van der Waals surface area contributed by atoms with Crippen LogP contribution < -0.4 is 14.2 Å². The van der Waals surface area contributed by atoms with E-state index in [0.717, 1.165) is 77.0 Å². The number of nitrogens with one attached hydrogen (secondary N) is 2. The summed E-state index contributed by atoms with van der Waals surface area (Å²) in [6, 6.07) is 6.13. The fourth-order valence-corrected chi connectivity index (χ4v) is 10.3. The Morgan fingerprint density at radius 3 is 2.35 bits per heavy atom. The molecule has 49 heavy (non-hydrogen) atoms. The van der Waals surface area contributed by atoms with Gasteiger partial charge in [0.25, 0.3) is 0 Å². The Morgan fingerprint density at radius 2 is 1.69 bits per heavy atom. The van der Waals surface area contributed by atoms with Gasteiger partial charge in [-0.3, -0.25) is 14.1 Å². The number of aromatic nitrogens is 1. The van der Waals surface area contributed by atoms with Crippen LogP contribution in [0.15, 0.2) is 47.1 Å². The van der Waals surface area contributed by atoms with Crippen LogP contribution in [0.3, 0.4) is 0 Å². The molecule has 2 aromatic rings. The van der Waals surface area contributed by atoms with Crippen molar-refractivity contribution in [3.8, 4) is 5.75 Å². The molecule has 1 aromatic carbocycles. The quantitative estimate of drug-likeness (QED) is 0.366. The Labute approximate surface area is 286 Å². The van der Waals surface area contributed by atoms with Crippen LogP contribution in [-0.2, 0) is 25.0 Å².